The monoisotopic (exact) mass is 426 g/mol. The molecule has 3 rings (SSSR count). The van der Waals surface area contributed by atoms with Crippen molar-refractivity contribution in [1.82, 2.24) is 19.2 Å². The highest BCUT2D eigenvalue weighted by molar-refractivity contribution is 7.09. The van der Waals surface area contributed by atoms with Crippen molar-refractivity contribution in [3.05, 3.63) is 63.7 Å². The van der Waals surface area contributed by atoms with Crippen molar-refractivity contribution >= 4 is 23.3 Å². The van der Waals surface area contributed by atoms with Gasteiger partial charge in [0.25, 0.3) is 0 Å². The smallest absolute Gasteiger partial charge is 0.246 e. The van der Waals surface area contributed by atoms with Crippen LogP contribution >= 0.6 is 11.3 Å². The molecule has 0 fully saturated rings. The molecule has 3 aromatic heterocycles. The molecular formula is C23H30N4O2S. The van der Waals surface area contributed by atoms with Gasteiger partial charge in [0, 0.05) is 48.1 Å². The van der Waals surface area contributed by atoms with Gasteiger partial charge < -0.3 is 14.2 Å². The van der Waals surface area contributed by atoms with Crippen molar-refractivity contribution in [3.63, 3.8) is 0 Å². The van der Waals surface area contributed by atoms with Gasteiger partial charge in [-0.05, 0) is 56.8 Å². The molecule has 3 aromatic rings. The molecule has 0 aliphatic heterocycles. The standard InChI is InChI=1S/C23H30N4O2S/c1-17(2)27-22(10-11-24-27)26-18(3)15-20(19(26)4)8-9-23(28)25(12-13-29-5)16-21-7-6-14-30-21/h6-11,14-15,17H,12-13,16H2,1-5H3. The Morgan fingerprint density at radius 1 is 1.33 bits per heavy atom. The third-order valence-electron chi connectivity index (χ3n) is 5.05. The summed E-state index contributed by atoms with van der Waals surface area (Å²) in [5.41, 5.74) is 3.22. The first-order chi connectivity index (χ1) is 14.4. The molecule has 0 aromatic carbocycles. The highest BCUT2D eigenvalue weighted by Crippen LogP contribution is 2.23. The molecule has 0 bridgehead atoms. The number of carbonyl (C=O) groups is 1. The quantitative estimate of drug-likeness (QED) is 0.469. The Kier molecular flexibility index (Phi) is 7.29. The van der Waals surface area contributed by atoms with Crippen molar-refractivity contribution in [3.8, 4) is 5.82 Å². The van der Waals surface area contributed by atoms with Gasteiger partial charge in [-0.25, -0.2) is 4.68 Å². The molecule has 0 spiro atoms. The van der Waals surface area contributed by atoms with E-state index in [2.05, 4.69) is 43.4 Å². The molecule has 0 unspecified atom stereocenters. The zero-order chi connectivity index (χ0) is 21.7. The van der Waals surface area contributed by atoms with Gasteiger partial charge in [-0.1, -0.05) is 6.07 Å². The molecule has 0 saturated carbocycles. The van der Waals surface area contributed by atoms with Gasteiger partial charge in [0.1, 0.15) is 5.82 Å². The van der Waals surface area contributed by atoms with Crippen LogP contribution in [0.15, 0.2) is 41.9 Å². The Morgan fingerprint density at radius 3 is 2.80 bits per heavy atom. The van der Waals surface area contributed by atoms with Crippen LogP contribution in [0.25, 0.3) is 11.9 Å². The first kappa shape index (κ1) is 22.1. The first-order valence-electron chi connectivity index (χ1n) is 10.1. The maximum absolute atomic E-state index is 12.9. The number of aryl methyl sites for hydroxylation is 1. The second-order valence-corrected chi connectivity index (χ2v) is 8.59. The van der Waals surface area contributed by atoms with Gasteiger partial charge in [-0.2, -0.15) is 5.10 Å². The lowest BCUT2D eigenvalue weighted by atomic mass is 10.2. The van der Waals surface area contributed by atoms with E-state index in [1.165, 1.54) is 0 Å². The van der Waals surface area contributed by atoms with Gasteiger partial charge in [-0.15, -0.1) is 11.3 Å². The fourth-order valence-electron chi connectivity index (χ4n) is 3.52. The minimum Gasteiger partial charge on any atom is -0.383 e. The van der Waals surface area contributed by atoms with E-state index in [1.54, 1.807) is 24.5 Å². The summed E-state index contributed by atoms with van der Waals surface area (Å²) in [7, 11) is 1.65. The summed E-state index contributed by atoms with van der Waals surface area (Å²) < 4.78 is 9.38. The summed E-state index contributed by atoms with van der Waals surface area (Å²) >= 11 is 1.66. The van der Waals surface area contributed by atoms with Crippen LogP contribution in [-0.2, 0) is 16.1 Å². The molecule has 0 saturated heterocycles. The van der Waals surface area contributed by atoms with Crippen molar-refractivity contribution < 1.29 is 9.53 Å². The maximum atomic E-state index is 12.9. The Bertz CT molecular complexity index is 999. The van der Waals surface area contributed by atoms with E-state index < -0.39 is 0 Å². The first-order valence-corrected chi connectivity index (χ1v) is 11.0. The molecule has 0 radical (unpaired) electrons. The van der Waals surface area contributed by atoms with Crippen LogP contribution < -0.4 is 0 Å². The molecule has 160 valence electrons. The van der Waals surface area contributed by atoms with Gasteiger partial charge >= 0.3 is 0 Å². The number of thiophene rings is 1. The third kappa shape index (κ3) is 4.91. The second-order valence-electron chi connectivity index (χ2n) is 7.55. The van der Waals surface area contributed by atoms with Crippen LogP contribution in [-0.4, -0.2) is 45.4 Å². The van der Waals surface area contributed by atoms with Crippen LogP contribution in [0, 0.1) is 13.8 Å². The second kappa shape index (κ2) is 9.91. The number of ether oxygens (including phenoxy) is 1. The van der Waals surface area contributed by atoms with E-state index in [0.717, 1.165) is 27.6 Å². The fourth-order valence-corrected chi connectivity index (χ4v) is 4.24. The Morgan fingerprint density at radius 2 is 2.13 bits per heavy atom. The number of hydrogen-bond acceptors (Lipinski definition) is 4. The van der Waals surface area contributed by atoms with E-state index in [4.69, 9.17) is 4.74 Å². The van der Waals surface area contributed by atoms with Crippen LogP contribution in [0.5, 0.6) is 0 Å². The molecule has 0 N–H and O–H groups in total. The molecule has 0 aliphatic carbocycles. The number of amides is 1. The molecule has 6 nitrogen and oxygen atoms in total. The van der Waals surface area contributed by atoms with Crippen LogP contribution in [0.2, 0.25) is 0 Å². The average Bonchev–Trinajstić information content (AvgIpc) is 3.44. The highest BCUT2D eigenvalue weighted by Gasteiger charge is 2.16. The lowest BCUT2D eigenvalue weighted by Gasteiger charge is -2.20. The minimum atomic E-state index is -0.0162. The predicted octanol–water partition coefficient (Wildman–Crippen LogP) is 4.62. The molecule has 0 atom stereocenters. The van der Waals surface area contributed by atoms with Crippen molar-refractivity contribution in [1.29, 1.82) is 0 Å². The van der Waals surface area contributed by atoms with E-state index in [1.807, 2.05) is 45.4 Å². The fraction of sp³-hybridized carbons (Fsp3) is 0.391. The number of nitrogens with zero attached hydrogens (tertiary/aromatic N) is 4. The molecule has 0 aliphatic rings. The minimum absolute atomic E-state index is 0.0162. The summed E-state index contributed by atoms with van der Waals surface area (Å²) in [6.07, 6.45) is 5.39. The lowest BCUT2D eigenvalue weighted by Crippen LogP contribution is -2.31. The van der Waals surface area contributed by atoms with Crippen molar-refractivity contribution in [2.75, 3.05) is 20.3 Å². The molecule has 30 heavy (non-hydrogen) atoms. The number of hydrogen-bond donors (Lipinski definition) is 0. The number of aromatic nitrogens is 3. The normalized spacial score (nSPS) is 11.7. The van der Waals surface area contributed by atoms with E-state index in [-0.39, 0.29) is 11.9 Å². The number of methoxy groups -OCH3 is 1. The van der Waals surface area contributed by atoms with Gasteiger partial charge in [0.2, 0.25) is 5.91 Å². The average molecular weight is 427 g/mol. The number of carbonyl (C=O) groups excluding carboxylic acids is 1. The molecule has 3 heterocycles. The Balaban J connectivity index is 1.82. The van der Waals surface area contributed by atoms with E-state index in [0.29, 0.717) is 19.7 Å². The summed E-state index contributed by atoms with van der Waals surface area (Å²) in [5.74, 6) is 1.02. The Labute approximate surface area is 182 Å². The van der Waals surface area contributed by atoms with Crippen LogP contribution in [0.4, 0.5) is 0 Å². The zero-order valence-corrected chi connectivity index (χ0v) is 19.1. The topological polar surface area (TPSA) is 52.3 Å². The van der Waals surface area contributed by atoms with Gasteiger partial charge in [0.15, 0.2) is 0 Å². The molecule has 1 amide bonds. The highest BCUT2D eigenvalue weighted by atomic mass is 32.1. The van der Waals surface area contributed by atoms with Gasteiger partial charge in [0.05, 0.1) is 19.3 Å². The maximum Gasteiger partial charge on any atom is 0.246 e. The van der Waals surface area contributed by atoms with Crippen molar-refractivity contribution in [2.45, 2.75) is 40.3 Å². The third-order valence-corrected chi connectivity index (χ3v) is 5.91. The predicted molar refractivity (Wildman–Crippen MR) is 122 cm³/mol. The van der Waals surface area contributed by atoms with Gasteiger partial charge in [-0.3, -0.25) is 4.79 Å². The van der Waals surface area contributed by atoms with Crippen molar-refractivity contribution in [2.24, 2.45) is 0 Å². The summed E-state index contributed by atoms with van der Waals surface area (Å²) in [5, 5.41) is 6.48. The van der Waals surface area contributed by atoms with E-state index >= 15 is 0 Å². The molecule has 7 heteroatoms. The zero-order valence-electron chi connectivity index (χ0n) is 18.3. The summed E-state index contributed by atoms with van der Waals surface area (Å²) in [6.45, 7) is 10.0. The summed E-state index contributed by atoms with van der Waals surface area (Å²) in [4.78, 5) is 15.9. The number of rotatable bonds is 9. The SMILES string of the molecule is COCCN(Cc1cccs1)C(=O)C=Cc1cc(C)n(-c2ccnn2C(C)C)c1C. The van der Waals surface area contributed by atoms with Crippen LogP contribution in [0.3, 0.4) is 0 Å². The van der Waals surface area contributed by atoms with E-state index in [9.17, 15) is 4.79 Å². The lowest BCUT2D eigenvalue weighted by molar-refractivity contribution is -0.127. The largest absolute Gasteiger partial charge is 0.383 e. The Hall–Kier alpha value is -2.64. The summed E-state index contributed by atoms with van der Waals surface area (Å²) in [6, 6.07) is 8.45. The van der Waals surface area contributed by atoms with Crippen LogP contribution in [0.1, 0.15) is 41.7 Å². The molecular weight excluding hydrogens is 396 g/mol.